The van der Waals surface area contributed by atoms with Gasteiger partial charge in [0.1, 0.15) is 91.1 Å². The highest BCUT2D eigenvalue weighted by Crippen LogP contribution is 2.14. The Morgan fingerprint density at radius 3 is 1.08 bits per heavy atom. The second kappa shape index (κ2) is 30.5. The first-order chi connectivity index (χ1) is 24.4. The molecule has 2 aromatic carbocycles. The molecule has 0 heterocycles. The minimum atomic E-state index is 0.626. The van der Waals surface area contributed by atoms with Gasteiger partial charge >= 0.3 is 0 Å². The molecule has 274 valence electrons. The standard InChI is InChI=1S/C16H16N2O2.C8H14N2O2.C6H12N2O2.C4H8N2O2/c1-19-17-15(13-9-5-3-6-10-13)16(18-20-2)14-11-7-4-8-12-14;1-11-9-7-5-3-4-6-8(7)10-12-2;1-5(7-9-3)6(2)8-10-4;1-7-5-3-4-6-8-2/h3-12H,1-2H3;3-6H2,1-2H3;1-4H3;3-4H,1-2H3/b17-15+,18-16+;9-7+,10-8+;7-5+,8-6+;5-3+,6-4+. The lowest BCUT2D eigenvalue weighted by atomic mass is 9.97. The van der Waals surface area contributed by atoms with Crippen molar-refractivity contribution in [3.63, 3.8) is 0 Å². The SMILES string of the molecule is CO/N=C(/C(=N/OC)c1ccccc1)c1ccccc1.CO/N=C(C)/C(C)=N/OC.CO/N=C/C=N/OC.CO/N=C1\CCCC\C1=N/OC. The fraction of sp³-hybridized carbons (Fsp3) is 0.412. The average molecular weight is 699 g/mol. The summed E-state index contributed by atoms with van der Waals surface area (Å²) in [7, 11) is 12.0. The van der Waals surface area contributed by atoms with Crippen molar-refractivity contribution in [3.05, 3.63) is 71.8 Å². The van der Waals surface area contributed by atoms with Crippen LogP contribution < -0.4 is 0 Å². The van der Waals surface area contributed by atoms with Gasteiger partial charge in [-0.3, -0.25) is 0 Å². The van der Waals surface area contributed by atoms with E-state index in [0.29, 0.717) is 22.8 Å². The van der Waals surface area contributed by atoms with Gasteiger partial charge in [-0.25, -0.2) is 0 Å². The van der Waals surface area contributed by atoms with Crippen molar-refractivity contribution in [1.82, 2.24) is 0 Å². The van der Waals surface area contributed by atoms with Gasteiger partial charge in [0.25, 0.3) is 0 Å². The van der Waals surface area contributed by atoms with Crippen molar-refractivity contribution in [1.29, 1.82) is 0 Å². The van der Waals surface area contributed by atoms with Crippen LogP contribution >= 0.6 is 0 Å². The van der Waals surface area contributed by atoms with E-state index in [-0.39, 0.29) is 0 Å². The summed E-state index contributed by atoms with van der Waals surface area (Å²) < 4.78 is 0. The Hall–Kier alpha value is -5.80. The van der Waals surface area contributed by atoms with E-state index >= 15 is 0 Å². The first-order valence-corrected chi connectivity index (χ1v) is 15.2. The van der Waals surface area contributed by atoms with E-state index in [2.05, 4.69) is 60.6 Å². The smallest absolute Gasteiger partial charge is 0.139 e. The van der Waals surface area contributed by atoms with Gasteiger partial charge in [-0.1, -0.05) is 102 Å². The zero-order valence-electron chi connectivity index (χ0n) is 30.6. The molecule has 0 spiro atoms. The molecular formula is C34H50N8O8. The number of hydrogen-bond acceptors (Lipinski definition) is 16. The quantitative estimate of drug-likeness (QED) is 0.183. The van der Waals surface area contributed by atoms with Crippen molar-refractivity contribution in [3.8, 4) is 0 Å². The molecule has 16 nitrogen and oxygen atoms in total. The highest BCUT2D eigenvalue weighted by atomic mass is 16.6. The van der Waals surface area contributed by atoms with Gasteiger partial charge in [-0.05, 0) is 39.5 Å². The predicted octanol–water partition coefficient (Wildman–Crippen LogP) is 5.93. The lowest BCUT2D eigenvalue weighted by Gasteiger charge is -2.13. The van der Waals surface area contributed by atoms with Crippen molar-refractivity contribution in [2.45, 2.75) is 39.5 Å². The van der Waals surface area contributed by atoms with Crippen LogP contribution in [0.25, 0.3) is 0 Å². The van der Waals surface area contributed by atoms with E-state index in [1.54, 1.807) is 28.1 Å². The molecule has 1 aliphatic carbocycles. The Bertz CT molecular complexity index is 1300. The molecule has 0 amide bonds. The van der Waals surface area contributed by atoms with E-state index in [1.165, 1.54) is 55.1 Å². The Morgan fingerprint density at radius 1 is 0.460 bits per heavy atom. The molecule has 0 radical (unpaired) electrons. The number of oxime groups is 8. The van der Waals surface area contributed by atoms with Crippen LogP contribution in [0, 0.1) is 0 Å². The first kappa shape index (κ1) is 44.2. The third-order valence-electron chi connectivity index (χ3n) is 5.88. The lowest BCUT2D eigenvalue weighted by Crippen LogP contribution is -2.19. The zero-order valence-corrected chi connectivity index (χ0v) is 30.6. The van der Waals surface area contributed by atoms with Gasteiger partial charge in [0.2, 0.25) is 0 Å². The highest BCUT2D eigenvalue weighted by Gasteiger charge is 2.17. The molecule has 50 heavy (non-hydrogen) atoms. The van der Waals surface area contributed by atoms with Crippen LogP contribution in [-0.4, -0.2) is 104 Å². The lowest BCUT2D eigenvalue weighted by molar-refractivity contribution is 0.208. The summed E-state index contributed by atoms with van der Waals surface area (Å²) >= 11 is 0. The summed E-state index contributed by atoms with van der Waals surface area (Å²) in [5, 5.41) is 30.0. The number of hydrogen-bond donors (Lipinski definition) is 0. The summed E-state index contributed by atoms with van der Waals surface area (Å²) in [6.45, 7) is 3.59. The molecule has 1 saturated carbocycles. The van der Waals surface area contributed by atoms with Crippen molar-refractivity contribution in [2.24, 2.45) is 41.2 Å². The number of rotatable bonds is 13. The Labute approximate surface area is 294 Å². The zero-order chi connectivity index (χ0) is 37.2. The monoisotopic (exact) mass is 698 g/mol. The third kappa shape index (κ3) is 19.8. The van der Waals surface area contributed by atoms with Crippen LogP contribution in [0.5, 0.6) is 0 Å². The van der Waals surface area contributed by atoms with Crippen molar-refractivity contribution in [2.75, 3.05) is 56.9 Å². The summed E-state index contributed by atoms with van der Waals surface area (Å²) in [6.07, 6.45) is 6.95. The molecule has 0 bridgehead atoms. The second-order valence-corrected chi connectivity index (χ2v) is 9.22. The topological polar surface area (TPSA) is 173 Å². The summed E-state index contributed by atoms with van der Waals surface area (Å²) in [5.74, 6) is 0. The summed E-state index contributed by atoms with van der Waals surface area (Å²) in [4.78, 5) is 37.0. The molecule has 0 N–H and O–H groups in total. The van der Waals surface area contributed by atoms with Crippen LogP contribution in [0.4, 0.5) is 0 Å². The average Bonchev–Trinajstić information content (AvgIpc) is 3.14. The summed E-state index contributed by atoms with van der Waals surface area (Å²) in [5.41, 5.74) is 6.34. The molecule has 0 aliphatic heterocycles. The molecule has 16 heteroatoms. The Kier molecular flexibility index (Phi) is 27.0. The van der Waals surface area contributed by atoms with Crippen molar-refractivity contribution < 1.29 is 38.7 Å². The molecule has 2 aromatic rings. The normalized spacial score (nSPS) is 15.1. The number of benzene rings is 2. The van der Waals surface area contributed by atoms with Crippen LogP contribution in [0.2, 0.25) is 0 Å². The van der Waals surface area contributed by atoms with Gasteiger partial charge in [0.15, 0.2) is 0 Å². The fourth-order valence-electron chi connectivity index (χ4n) is 3.71. The molecule has 1 fully saturated rings. The molecular weight excluding hydrogens is 648 g/mol. The van der Waals surface area contributed by atoms with E-state index < -0.39 is 0 Å². The molecule has 0 atom stereocenters. The third-order valence-corrected chi connectivity index (χ3v) is 5.88. The molecule has 0 unspecified atom stereocenters. The van der Waals surface area contributed by atoms with Gasteiger partial charge < -0.3 is 38.7 Å². The van der Waals surface area contributed by atoms with Gasteiger partial charge in [0.05, 0.1) is 12.4 Å². The largest absolute Gasteiger partial charge is 0.399 e. The molecule has 0 saturated heterocycles. The predicted molar refractivity (Wildman–Crippen MR) is 199 cm³/mol. The highest BCUT2D eigenvalue weighted by molar-refractivity contribution is 6.53. The minimum absolute atomic E-state index is 0.626. The second-order valence-electron chi connectivity index (χ2n) is 9.22. The van der Waals surface area contributed by atoms with E-state index in [9.17, 15) is 0 Å². The van der Waals surface area contributed by atoms with Crippen LogP contribution in [0.15, 0.2) is 102 Å². The minimum Gasteiger partial charge on any atom is -0.399 e. The Balaban J connectivity index is 0.000000690. The van der Waals surface area contributed by atoms with Crippen LogP contribution in [0.1, 0.15) is 50.7 Å². The maximum absolute atomic E-state index is 4.96. The molecule has 0 aromatic heterocycles. The fourth-order valence-corrected chi connectivity index (χ4v) is 3.71. The van der Waals surface area contributed by atoms with Gasteiger partial charge in [-0.15, -0.1) is 0 Å². The van der Waals surface area contributed by atoms with Crippen LogP contribution in [-0.2, 0) is 38.7 Å². The Morgan fingerprint density at radius 2 is 0.800 bits per heavy atom. The number of nitrogens with zero attached hydrogens (tertiary/aromatic N) is 8. The maximum Gasteiger partial charge on any atom is 0.139 e. The molecule has 1 aliphatic rings. The van der Waals surface area contributed by atoms with E-state index in [1.807, 2.05) is 60.7 Å². The van der Waals surface area contributed by atoms with E-state index in [4.69, 9.17) is 19.4 Å². The maximum atomic E-state index is 4.96. The summed E-state index contributed by atoms with van der Waals surface area (Å²) in [6, 6.07) is 19.5. The van der Waals surface area contributed by atoms with E-state index in [0.717, 1.165) is 48.2 Å². The van der Waals surface area contributed by atoms with Gasteiger partial charge in [-0.2, -0.15) is 0 Å². The first-order valence-electron chi connectivity index (χ1n) is 15.2. The van der Waals surface area contributed by atoms with Crippen molar-refractivity contribution >= 4 is 46.7 Å². The molecule has 3 rings (SSSR count). The van der Waals surface area contributed by atoms with Gasteiger partial charge in [0, 0.05) is 11.1 Å². The van der Waals surface area contributed by atoms with Crippen LogP contribution in [0.3, 0.4) is 0 Å².